The molecule has 0 spiro atoms. The summed E-state index contributed by atoms with van der Waals surface area (Å²) >= 11 is 1.32. The Bertz CT molecular complexity index is 1160. The molecule has 0 amide bonds. The molecule has 3 aromatic heterocycles. The molecule has 0 fully saturated rings. The van der Waals surface area contributed by atoms with Gasteiger partial charge in [-0.1, -0.05) is 30.0 Å². The number of aromatic nitrogens is 5. The predicted molar refractivity (Wildman–Crippen MR) is 89.9 cm³/mol. The lowest BCUT2D eigenvalue weighted by Crippen LogP contribution is -2.10. The van der Waals surface area contributed by atoms with Gasteiger partial charge >= 0.3 is 0 Å². The van der Waals surface area contributed by atoms with Crippen molar-refractivity contribution in [1.29, 1.82) is 0 Å². The Labute approximate surface area is 133 Å². The summed E-state index contributed by atoms with van der Waals surface area (Å²) in [6, 6.07) is 9.21. The molecule has 3 heterocycles. The van der Waals surface area contributed by atoms with Gasteiger partial charge in [0.25, 0.3) is 11.1 Å². The third-order valence-electron chi connectivity index (χ3n) is 3.54. The Morgan fingerprint density at radius 2 is 1.83 bits per heavy atom. The number of thioether (sulfide) groups is 1. The first-order chi connectivity index (χ1) is 11.2. The molecule has 0 saturated carbocycles. The molecule has 4 rings (SSSR count). The minimum absolute atomic E-state index is 0.255. The van der Waals surface area contributed by atoms with Crippen LogP contribution in [0.4, 0.5) is 0 Å². The highest BCUT2D eigenvalue weighted by Crippen LogP contribution is 2.19. The Morgan fingerprint density at radius 3 is 2.65 bits per heavy atom. The number of pyridine rings is 1. The number of rotatable bonds is 2. The third kappa shape index (κ3) is 2.23. The molecule has 3 N–H and O–H groups in total. The Hall–Kier alpha value is -2.87. The van der Waals surface area contributed by atoms with E-state index in [1.165, 1.54) is 11.8 Å². The van der Waals surface area contributed by atoms with Gasteiger partial charge in [0.2, 0.25) is 0 Å². The molecular formula is C15H11N5O2S. The maximum absolute atomic E-state index is 12.3. The van der Waals surface area contributed by atoms with Crippen molar-refractivity contribution in [3.63, 3.8) is 0 Å². The van der Waals surface area contributed by atoms with E-state index >= 15 is 0 Å². The molecule has 23 heavy (non-hydrogen) atoms. The normalized spacial score (nSPS) is 11.3. The number of aromatic amines is 3. The highest BCUT2D eigenvalue weighted by Gasteiger charge is 2.14. The largest absolute Gasteiger partial charge is 0.332 e. The van der Waals surface area contributed by atoms with Crippen molar-refractivity contribution < 1.29 is 0 Å². The van der Waals surface area contributed by atoms with Gasteiger partial charge in [-0.2, -0.15) is 0 Å². The van der Waals surface area contributed by atoms with E-state index in [9.17, 15) is 9.59 Å². The van der Waals surface area contributed by atoms with Crippen LogP contribution in [0.1, 0.15) is 0 Å². The maximum atomic E-state index is 12.3. The second kappa shape index (κ2) is 5.10. The van der Waals surface area contributed by atoms with Crippen molar-refractivity contribution in [2.45, 2.75) is 5.16 Å². The second-order valence-corrected chi connectivity index (χ2v) is 5.75. The summed E-state index contributed by atoms with van der Waals surface area (Å²) in [5, 5.41) is 1.36. The van der Waals surface area contributed by atoms with Crippen LogP contribution in [0.3, 0.4) is 0 Å². The average molecular weight is 325 g/mol. The number of imidazole rings is 1. The zero-order chi connectivity index (χ0) is 16.0. The van der Waals surface area contributed by atoms with Gasteiger partial charge in [-0.25, -0.2) is 9.97 Å². The van der Waals surface area contributed by atoms with E-state index < -0.39 is 0 Å². The third-order valence-corrected chi connectivity index (χ3v) is 4.12. The van der Waals surface area contributed by atoms with Crippen LogP contribution in [0.15, 0.2) is 45.1 Å². The lowest BCUT2D eigenvalue weighted by Gasteiger charge is -2.00. The van der Waals surface area contributed by atoms with Crippen LogP contribution in [0.5, 0.6) is 0 Å². The summed E-state index contributed by atoms with van der Waals surface area (Å²) in [7, 11) is 0. The van der Waals surface area contributed by atoms with Gasteiger partial charge in [0, 0.05) is 5.52 Å². The zero-order valence-corrected chi connectivity index (χ0v) is 12.8. The molecule has 1 aromatic carbocycles. The topological polar surface area (TPSA) is 107 Å². The van der Waals surface area contributed by atoms with E-state index in [1.54, 1.807) is 6.07 Å². The number of H-pyrrole nitrogens is 3. The zero-order valence-electron chi connectivity index (χ0n) is 12.0. The fourth-order valence-corrected chi connectivity index (χ4v) is 2.81. The highest BCUT2D eigenvalue weighted by atomic mass is 32.2. The molecule has 0 aliphatic heterocycles. The van der Waals surface area contributed by atoms with Crippen LogP contribution in [-0.2, 0) is 0 Å². The Morgan fingerprint density at radius 1 is 1.00 bits per heavy atom. The van der Waals surface area contributed by atoms with Crippen molar-refractivity contribution in [1.82, 2.24) is 24.9 Å². The van der Waals surface area contributed by atoms with E-state index in [1.807, 2.05) is 30.5 Å². The summed E-state index contributed by atoms with van der Waals surface area (Å²) in [5.41, 5.74) is 1.08. The fourth-order valence-electron chi connectivity index (χ4n) is 2.43. The van der Waals surface area contributed by atoms with Crippen LogP contribution < -0.4 is 11.1 Å². The van der Waals surface area contributed by atoms with E-state index in [0.717, 1.165) is 10.9 Å². The molecular weight excluding hydrogens is 314 g/mol. The lowest BCUT2D eigenvalue weighted by molar-refractivity contribution is 0.968. The van der Waals surface area contributed by atoms with E-state index in [2.05, 4.69) is 24.9 Å². The standard InChI is InChI=1S/C15H11N5O2S/c1-23-15-19-12-10(14(22)20-15)17-11(18-12)8-6-7-4-2-3-5-9(7)16-13(8)21/h2-6H,1H3,(H,16,21)(H2,17,18,19,20,22). The van der Waals surface area contributed by atoms with Gasteiger partial charge in [0.15, 0.2) is 16.3 Å². The maximum Gasteiger partial charge on any atom is 0.277 e. The van der Waals surface area contributed by atoms with E-state index in [0.29, 0.717) is 22.2 Å². The quantitative estimate of drug-likeness (QED) is 0.385. The average Bonchev–Trinajstić information content (AvgIpc) is 2.98. The number of nitrogens with zero attached hydrogens (tertiary/aromatic N) is 2. The molecule has 0 aliphatic carbocycles. The summed E-state index contributed by atoms with van der Waals surface area (Å²) < 4.78 is 0. The van der Waals surface area contributed by atoms with Gasteiger partial charge in [-0.05, 0) is 23.8 Å². The number of fused-ring (bicyclic) bond motifs is 2. The smallest absolute Gasteiger partial charge is 0.277 e. The van der Waals surface area contributed by atoms with E-state index in [4.69, 9.17) is 0 Å². The molecule has 0 unspecified atom stereocenters. The number of benzene rings is 1. The summed E-state index contributed by atoms with van der Waals surface area (Å²) in [6.07, 6.45) is 1.81. The Kier molecular flexibility index (Phi) is 3.05. The molecule has 0 saturated heterocycles. The van der Waals surface area contributed by atoms with Crippen LogP contribution in [-0.4, -0.2) is 31.2 Å². The van der Waals surface area contributed by atoms with Crippen molar-refractivity contribution in [2.24, 2.45) is 0 Å². The summed E-state index contributed by atoms with van der Waals surface area (Å²) in [4.78, 5) is 41.2. The highest BCUT2D eigenvalue weighted by molar-refractivity contribution is 7.98. The Balaban J connectivity index is 1.99. The number of hydrogen-bond acceptors (Lipinski definition) is 5. The molecule has 114 valence electrons. The van der Waals surface area contributed by atoms with E-state index in [-0.39, 0.29) is 16.6 Å². The van der Waals surface area contributed by atoms with Gasteiger partial charge in [-0.15, -0.1) is 0 Å². The first kappa shape index (κ1) is 13.8. The number of hydrogen-bond donors (Lipinski definition) is 3. The molecule has 0 bridgehead atoms. The van der Waals surface area contributed by atoms with Crippen molar-refractivity contribution in [3.8, 4) is 11.4 Å². The SMILES string of the molecule is CSc1nc2nc(-c3cc4ccccc4[nH]c3=O)[nH]c2c(=O)[nH]1. The lowest BCUT2D eigenvalue weighted by atomic mass is 10.1. The molecule has 0 aliphatic rings. The van der Waals surface area contributed by atoms with Crippen LogP contribution in [0.25, 0.3) is 33.5 Å². The molecule has 4 aromatic rings. The minimum atomic E-state index is -0.310. The molecule has 8 heteroatoms. The first-order valence-corrected chi connectivity index (χ1v) is 8.04. The number of nitrogens with one attached hydrogen (secondary N) is 3. The summed E-state index contributed by atoms with van der Waals surface area (Å²) in [6.45, 7) is 0. The monoisotopic (exact) mass is 325 g/mol. The van der Waals surface area contributed by atoms with Crippen molar-refractivity contribution in [2.75, 3.05) is 6.26 Å². The molecule has 0 radical (unpaired) electrons. The van der Waals surface area contributed by atoms with Crippen LogP contribution >= 0.6 is 11.8 Å². The summed E-state index contributed by atoms with van der Waals surface area (Å²) in [5.74, 6) is 0.322. The second-order valence-electron chi connectivity index (χ2n) is 4.96. The van der Waals surface area contributed by atoms with Gasteiger partial charge in [-0.3, -0.25) is 14.6 Å². The minimum Gasteiger partial charge on any atom is -0.332 e. The van der Waals surface area contributed by atoms with Crippen LogP contribution in [0.2, 0.25) is 0 Å². The van der Waals surface area contributed by atoms with Crippen molar-refractivity contribution >= 4 is 33.8 Å². The van der Waals surface area contributed by atoms with Gasteiger partial charge in [0.05, 0.1) is 5.56 Å². The number of para-hydroxylation sites is 1. The van der Waals surface area contributed by atoms with Gasteiger partial charge < -0.3 is 9.97 Å². The van der Waals surface area contributed by atoms with Crippen LogP contribution in [0, 0.1) is 0 Å². The van der Waals surface area contributed by atoms with Crippen molar-refractivity contribution in [3.05, 3.63) is 51.0 Å². The fraction of sp³-hybridized carbons (Fsp3) is 0.0667. The molecule has 0 atom stereocenters. The predicted octanol–water partition coefficient (Wildman–Crippen LogP) is 1.88. The van der Waals surface area contributed by atoms with Gasteiger partial charge in [0.1, 0.15) is 5.82 Å². The first-order valence-electron chi connectivity index (χ1n) is 6.82. The molecule has 7 nitrogen and oxygen atoms in total.